The number of primary amides is 1. The first-order valence-electron chi connectivity index (χ1n) is 7.25. The first kappa shape index (κ1) is 16.7. The van der Waals surface area contributed by atoms with Crippen LogP contribution in [0.15, 0.2) is 40.9 Å². The van der Waals surface area contributed by atoms with Crippen molar-refractivity contribution in [3.8, 4) is 0 Å². The fourth-order valence-electron chi connectivity index (χ4n) is 2.38. The van der Waals surface area contributed by atoms with Gasteiger partial charge in [-0.15, -0.1) is 0 Å². The zero-order valence-electron chi connectivity index (χ0n) is 13.0. The zero-order chi connectivity index (χ0) is 18.1. The molecule has 0 fully saturated rings. The molecule has 2 heterocycles. The number of nitrogens with zero attached hydrogens (tertiary/aromatic N) is 2. The lowest BCUT2D eigenvalue weighted by atomic mass is 10.2. The van der Waals surface area contributed by atoms with Crippen LogP contribution in [0.5, 0.6) is 0 Å². The van der Waals surface area contributed by atoms with Gasteiger partial charge >= 0.3 is 0 Å². The number of aromatic nitrogens is 1. The second-order valence-corrected chi connectivity index (χ2v) is 5.84. The van der Waals surface area contributed by atoms with Gasteiger partial charge in [0, 0.05) is 16.5 Å². The van der Waals surface area contributed by atoms with E-state index in [4.69, 9.17) is 21.8 Å². The summed E-state index contributed by atoms with van der Waals surface area (Å²) < 4.78 is 5.75. The number of nitro groups is 1. The van der Waals surface area contributed by atoms with Crippen LogP contribution in [0.25, 0.3) is 11.0 Å². The highest BCUT2D eigenvalue weighted by molar-refractivity contribution is 6.31. The van der Waals surface area contributed by atoms with Crippen LogP contribution < -0.4 is 11.1 Å². The molecule has 3 N–H and O–H groups in total. The van der Waals surface area contributed by atoms with Crippen molar-refractivity contribution >= 4 is 40.0 Å². The molecule has 0 aliphatic rings. The lowest BCUT2D eigenvalue weighted by Crippen LogP contribution is -2.17. The number of anilines is 1. The van der Waals surface area contributed by atoms with Crippen LogP contribution in [0.4, 0.5) is 11.5 Å². The summed E-state index contributed by atoms with van der Waals surface area (Å²) in [5.41, 5.74) is 5.58. The highest BCUT2D eigenvalue weighted by atomic mass is 35.5. The number of furan rings is 1. The van der Waals surface area contributed by atoms with Crippen LogP contribution in [0.1, 0.15) is 29.1 Å². The van der Waals surface area contributed by atoms with Crippen molar-refractivity contribution in [3.63, 3.8) is 0 Å². The molecule has 1 unspecified atom stereocenters. The molecule has 2 aromatic heterocycles. The first-order valence-corrected chi connectivity index (χ1v) is 7.62. The van der Waals surface area contributed by atoms with Crippen molar-refractivity contribution < 1.29 is 14.1 Å². The molecular weight excluding hydrogens is 348 g/mol. The Hall–Kier alpha value is -3.13. The summed E-state index contributed by atoms with van der Waals surface area (Å²) in [6.07, 6.45) is 1.06. The van der Waals surface area contributed by atoms with E-state index in [1.165, 1.54) is 0 Å². The molecule has 0 aliphatic carbocycles. The molecule has 128 valence electrons. The summed E-state index contributed by atoms with van der Waals surface area (Å²) >= 11 is 5.96. The average Bonchev–Trinajstić information content (AvgIpc) is 2.97. The molecule has 0 radical (unpaired) electrons. The van der Waals surface area contributed by atoms with Crippen LogP contribution in [-0.2, 0) is 0 Å². The van der Waals surface area contributed by atoms with E-state index in [1.54, 1.807) is 25.1 Å². The van der Waals surface area contributed by atoms with E-state index in [0.29, 0.717) is 16.4 Å². The highest BCUT2D eigenvalue weighted by Gasteiger charge is 2.19. The van der Waals surface area contributed by atoms with E-state index in [-0.39, 0.29) is 23.1 Å². The van der Waals surface area contributed by atoms with Crippen LogP contribution in [-0.4, -0.2) is 15.8 Å². The molecule has 8 nitrogen and oxygen atoms in total. The van der Waals surface area contributed by atoms with Crippen molar-refractivity contribution in [2.75, 3.05) is 5.32 Å². The van der Waals surface area contributed by atoms with Gasteiger partial charge in [-0.1, -0.05) is 11.6 Å². The van der Waals surface area contributed by atoms with Crippen molar-refractivity contribution in [1.29, 1.82) is 0 Å². The van der Waals surface area contributed by atoms with Gasteiger partial charge in [0.2, 0.25) is 0 Å². The number of carbonyl (C=O) groups excluding carboxylic acids is 1. The fourth-order valence-corrected chi connectivity index (χ4v) is 2.56. The number of fused-ring (bicyclic) bond motifs is 1. The molecule has 3 aromatic rings. The van der Waals surface area contributed by atoms with Crippen LogP contribution >= 0.6 is 11.6 Å². The van der Waals surface area contributed by atoms with Crippen molar-refractivity contribution in [3.05, 3.63) is 63.0 Å². The molecule has 1 aromatic carbocycles. The number of hydrogen-bond acceptors (Lipinski definition) is 6. The van der Waals surface area contributed by atoms with Gasteiger partial charge in [0.15, 0.2) is 0 Å². The summed E-state index contributed by atoms with van der Waals surface area (Å²) in [5, 5.41) is 15.2. The smallest absolute Gasteiger partial charge is 0.288 e. The van der Waals surface area contributed by atoms with Crippen molar-refractivity contribution in [2.45, 2.75) is 13.0 Å². The van der Waals surface area contributed by atoms with Gasteiger partial charge < -0.3 is 15.5 Å². The standard InChI is InChI=1S/C16H13ClN4O4/c1-8(14-5-9-4-10(17)2-3-13(9)25-14)20-16-12(15(18)22)6-11(7-19-16)21(23)24/h2-8H,1H3,(H2,18,22)(H,19,20). The SMILES string of the molecule is CC(Nc1ncc([N+](=O)[O-])cc1C(N)=O)c1cc2cc(Cl)ccc2o1. The Bertz CT molecular complexity index is 985. The molecule has 1 atom stereocenters. The second-order valence-electron chi connectivity index (χ2n) is 5.41. The lowest BCUT2D eigenvalue weighted by Gasteiger charge is -2.14. The summed E-state index contributed by atoms with van der Waals surface area (Å²) in [4.78, 5) is 25.7. The predicted molar refractivity (Wildman–Crippen MR) is 92.7 cm³/mol. The molecule has 1 amide bonds. The molecule has 0 spiro atoms. The molecule has 0 saturated carbocycles. The number of nitrogens with two attached hydrogens (primary N) is 1. The van der Waals surface area contributed by atoms with Gasteiger partial charge in [-0.3, -0.25) is 14.9 Å². The van der Waals surface area contributed by atoms with Crippen LogP contribution in [0.3, 0.4) is 0 Å². The number of nitrogens with one attached hydrogen (secondary N) is 1. The normalized spacial score (nSPS) is 12.1. The maximum atomic E-state index is 11.6. The van der Waals surface area contributed by atoms with Gasteiger partial charge in [-0.05, 0) is 31.2 Å². The maximum Gasteiger partial charge on any atom is 0.288 e. The Morgan fingerprint density at radius 1 is 1.40 bits per heavy atom. The van der Waals surface area contributed by atoms with Crippen molar-refractivity contribution in [2.24, 2.45) is 5.73 Å². The van der Waals surface area contributed by atoms with E-state index >= 15 is 0 Å². The molecule has 9 heteroatoms. The number of halogens is 1. The number of carbonyl (C=O) groups is 1. The quantitative estimate of drug-likeness (QED) is 0.528. The molecule has 0 saturated heterocycles. The Labute approximate surface area is 146 Å². The Morgan fingerprint density at radius 2 is 2.16 bits per heavy atom. The number of hydrogen-bond donors (Lipinski definition) is 2. The minimum absolute atomic E-state index is 0.0693. The van der Waals surface area contributed by atoms with Gasteiger partial charge in [-0.2, -0.15) is 0 Å². The second kappa shape index (κ2) is 6.40. The van der Waals surface area contributed by atoms with E-state index in [1.807, 2.05) is 6.07 Å². The summed E-state index contributed by atoms with van der Waals surface area (Å²) in [7, 11) is 0. The third kappa shape index (κ3) is 3.38. The van der Waals surface area contributed by atoms with E-state index in [9.17, 15) is 14.9 Å². The molecule has 3 rings (SSSR count). The average molecular weight is 361 g/mol. The largest absolute Gasteiger partial charge is 0.459 e. The summed E-state index contributed by atoms with van der Waals surface area (Å²) in [6.45, 7) is 1.80. The van der Waals surface area contributed by atoms with Crippen LogP contribution in [0, 0.1) is 10.1 Å². The van der Waals surface area contributed by atoms with Gasteiger partial charge in [0.25, 0.3) is 11.6 Å². The van der Waals surface area contributed by atoms with Crippen molar-refractivity contribution in [1.82, 2.24) is 4.98 Å². The first-order chi connectivity index (χ1) is 11.8. The molecule has 25 heavy (non-hydrogen) atoms. The molecule has 0 aliphatic heterocycles. The number of amides is 1. The number of benzene rings is 1. The summed E-state index contributed by atoms with van der Waals surface area (Å²) in [5.74, 6) is -0.0841. The van der Waals surface area contributed by atoms with Gasteiger partial charge in [0.1, 0.15) is 23.4 Å². The highest BCUT2D eigenvalue weighted by Crippen LogP contribution is 2.29. The van der Waals surface area contributed by atoms with Crippen LogP contribution in [0.2, 0.25) is 5.02 Å². The lowest BCUT2D eigenvalue weighted by molar-refractivity contribution is -0.385. The van der Waals surface area contributed by atoms with E-state index in [0.717, 1.165) is 17.6 Å². The Balaban J connectivity index is 1.92. The topological polar surface area (TPSA) is 124 Å². The minimum Gasteiger partial charge on any atom is -0.459 e. The minimum atomic E-state index is -0.817. The zero-order valence-corrected chi connectivity index (χ0v) is 13.8. The monoisotopic (exact) mass is 360 g/mol. The number of pyridine rings is 1. The molecular formula is C16H13ClN4O4. The predicted octanol–water partition coefficient (Wildman–Crippen LogP) is 3.66. The van der Waals surface area contributed by atoms with Gasteiger partial charge in [0.05, 0.1) is 16.5 Å². The van der Waals surface area contributed by atoms with E-state index in [2.05, 4.69) is 10.3 Å². The maximum absolute atomic E-state index is 11.6. The Kier molecular flexibility index (Phi) is 4.28. The van der Waals surface area contributed by atoms with Gasteiger partial charge in [-0.25, -0.2) is 4.98 Å². The fraction of sp³-hybridized carbons (Fsp3) is 0.125. The Morgan fingerprint density at radius 3 is 2.84 bits per heavy atom. The summed E-state index contributed by atoms with van der Waals surface area (Å²) in [6, 6.07) is 7.79. The van der Waals surface area contributed by atoms with E-state index < -0.39 is 10.8 Å². The third-order valence-electron chi connectivity index (χ3n) is 3.63. The number of rotatable bonds is 5. The third-order valence-corrected chi connectivity index (χ3v) is 3.86. The molecule has 0 bridgehead atoms.